The second kappa shape index (κ2) is 22.0. The van der Waals surface area contributed by atoms with E-state index in [1.807, 2.05) is 0 Å². The van der Waals surface area contributed by atoms with Crippen molar-refractivity contribution < 1.29 is 61.3 Å². The summed E-state index contributed by atoms with van der Waals surface area (Å²) in [5.41, 5.74) is 1.36. The van der Waals surface area contributed by atoms with Gasteiger partial charge in [0.15, 0.2) is 0 Å². The zero-order valence-electron chi connectivity index (χ0n) is 20.9. The molecule has 0 aromatic heterocycles. The molecule has 0 heterocycles. The van der Waals surface area contributed by atoms with Crippen LogP contribution in [0.15, 0.2) is 48.6 Å². The Morgan fingerprint density at radius 2 is 0.545 bits per heavy atom. The van der Waals surface area contributed by atoms with Gasteiger partial charge in [-0.1, -0.05) is 78.4 Å². The Labute approximate surface area is 212 Å². The summed E-state index contributed by atoms with van der Waals surface area (Å²) in [5.74, 6) is -1.59. The van der Waals surface area contributed by atoms with Crippen LogP contribution in [0.25, 0.3) is 0 Å². The number of rotatable bonds is 8. The Bertz CT molecular complexity index is 581. The van der Waals surface area contributed by atoms with Gasteiger partial charge in [-0.15, -0.1) is 0 Å². The number of hydrogen-bond donors (Lipinski definition) is 0. The molecule has 0 aliphatic rings. The van der Waals surface area contributed by atoms with Crippen LogP contribution >= 0.6 is 0 Å². The minimum atomic E-state index is -1.15. The summed E-state index contributed by atoms with van der Waals surface area (Å²) in [5, 5.41) is 41.0. The number of ketones is 4. The number of Topliss-reactive ketones (excluding diaryl/α,β-unsaturated/α-hetero) is 4. The van der Waals surface area contributed by atoms with Crippen molar-refractivity contribution in [2.24, 2.45) is 0 Å². The van der Waals surface area contributed by atoms with E-state index in [1.54, 1.807) is 0 Å². The van der Waals surface area contributed by atoms with Crippen LogP contribution in [0.3, 0.4) is 0 Å². The minimum Gasteiger partial charge on any atom is -0.846 e. The molecule has 0 aromatic carbocycles. The molecule has 4 atom stereocenters. The van der Waals surface area contributed by atoms with E-state index in [1.165, 1.54) is 55.4 Å². The summed E-state index contributed by atoms with van der Waals surface area (Å²) in [6.45, 7) is 24.7. The standard InChI is InChI=1S/4C6H9O2.Ti/c4*1-4(2)6(8)5(3)7;/h4*5H,1H2,2-3H3;/q4*-1;+4. The van der Waals surface area contributed by atoms with E-state index in [0.29, 0.717) is 22.3 Å². The van der Waals surface area contributed by atoms with Crippen LogP contribution in [0.5, 0.6) is 0 Å². The second-order valence-electron chi connectivity index (χ2n) is 7.15. The average molecular weight is 500 g/mol. The summed E-state index contributed by atoms with van der Waals surface area (Å²) in [6.07, 6.45) is -4.58. The molecule has 0 saturated heterocycles. The molecule has 0 spiro atoms. The van der Waals surface area contributed by atoms with Crippen molar-refractivity contribution in [1.82, 2.24) is 0 Å². The normalized spacial score (nSPS) is 12.5. The second-order valence-corrected chi connectivity index (χ2v) is 7.15. The molecule has 0 radical (unpaired) electrons. The summed E-state index contributed by atoms with van der Waals surface area (Å²) < 4.78 is 0. The van der Waals surface area contributed by atoms with Gasteiger partial charge in [-0.2, -0.15) is 0 Å². The van der Waals surface area contributed by atoms with Gasteiger partial charge in [-0.05, 0) is 50.0 Å². The first-order valence-electron chi connectivity index (χ1n) is 9.64. The summed E-state index contributed by atoms with van der Waals surface area (Å²) >= 11 is 0. The molecule has 0 fully saturated rings. The fourth-order valence-corrected chi connectivity index (χ4v) is 1.39. The van der Waals surface area contributed by atoms with Crippen LogP contribution < -0.4 is 20.4 Å². The van der Waals surface area contributed by atoms with Crippen molar-refractivity contribution in [1.29, 1.82) is 0 Å². The quantitative estimate of drug-likeness (QED) is 0.319. The van der Waals surface area contributed by atoms with Crippen LogP contribution in [0.1, 0.15) is 55.4 Å². The van der Waals surface area contributed by atoms with Crippen molar-refractivity contribution in [2.45, 2.75) is 79.8 Å². The maximum Gasteiger partial charge on any atom is 4.00 e. The molecule has 33 heavy (non-hydrogen) atoms. The van der Waals surface area contributed by atoms with Gasteiger partial charge in [0, 0.05) is 0 Å². The molecule has 0 bridgehead atoms. The van der Waals surface area contributed by atoms with Crippen molar-refractivity contribution in [3.63, 3.8) is 0 Å². The van der Waals surface area contributed by atoms with Gasteiger partial charge in [0.25, 0.3) is 0 Å². The van der Waals surface area contributed by atoms with Gasteiger partial charge in [-0.25, -0.2) is 0 Å². The first kappa shape index (κ1) is 41.4. The predicted octanol–water partition coefficient (Wildman–Crippen LogP) is -0.481. The third-order valence-corrected chi connectivity index (χ3v) is 3.16. The van der Waals surface area contributed by atoms with Crippen molar-refractivity contribution in [3.8, 4) is 0 Å². The van der Waals surface area contributed by atoms with Crippen LogP contribution in [-0.4, -0.2) is 47.5 Å². The summed E-state index contributed by atoms with van der Waals surface area (Å²) in [4.78, 5) is 41.7. The predicted molar refractivity (Wildman–Crippen MR) is 117 cm³/mol. The Kier molecular flexibility index (Phi) is 27.6. The molecule has 0 aromatic rings. The summed E-state index contributed by atoms with van der Waals surface area (Å²) in [6, 6.07) is 0. The zero-order valence-corrected chi connectivity index (χ0v) is 22.5. The van der Waals surface area contributed by atoms with Gasteiger partial charge in [0.1, 0.15) is 23.1 Å². The van der Waals surface area contributed by atoms with E-state index < -0.39 is 47.5 Å². The molecule has 0 saturated carbocycles. The van der Waals surface area contributed by atoms with E-state index >= 15 is 0 Å². The fourth-order valence-electron chi connectivity index (χ4n) is 1.39. The third kappa shape index (κ3) is 26.3. The van der Waals surface area contributed by atoms with Crippen molar-refractivity contribution in [2.75, 3.05) is 0 Å². The van der Waals surface area contributed by atoms with Gasteiger partial charge in [0.05, 0.1) is 0 Å². The molecule has 4 unspecified atom stereocenters. The summed E-state index contributed by atoms with van der Waals surface area (Å²) in [7, 11) is 0. The van der Waals surface area contributed by atoms with Crippen LogP contribution in [0.2, 0.25) is 0 Å². The van der Waals surface area contributed by atoms with Crippen LogP contribution in [0.4, 0.5) is 0 Å². The van der Waals surface area contributed by atoms with Gasteiger partial charge < -0.3 is 20.4 Å². The topological polar surface area (TPSA) is 161 Å². The van der Waals surface area contributed by atoms with Crippen molar-refractivity contribution >= 4 is 23.1 Å². The van der Waals surface area contributed by atoms with E-state index in [2.05, 4.69) is 26.3 Å². The molecular formula is C24H36O8Ti. The molecule has 9 heteroatoms. The fraction of sp³-hybridized carbons (Fsp3) is 0.500. The Morgan fingerprint density at radius 1 is 0.455 bits per heavy atom. The molecule has 0 aliphatic heterocycles. The van der Waals surface area contributed by atoms with Gasteiger partial charge in [0.2, 0.25) is 0 Å². The van der Waals surface area contributed by atoms with E-state index in [9.17, 15) is 39.6 Å². The van der Waals surface area contributed by atoms with Crippen LogP contribution in [0, 0.1) is 0 Å². The maximum atomic E-state index is 10.4. The van der Waals surface area contributed by atoms with Crippen molar-refractivity contribution in [3.05, 3.63) is 48.6 Å². The zero-order chi connectivity index (χ0) is 26.9. The molecule has 0 rings (SSSR count). The van der Waals surface area contributed by atoms with Gasteiger partial charge >= 0.3 is 21.7 Å². The molecule has 0 N–H and O–H groups in total. The van der Waals surface area contributed by atoms with Crippen LogP contribution in [-0.2, 0) is 40.9 Å². The molecule has 0 amide bonds. The van der Waals surface area contributed by atoms with E-state index in [-0.39, 0.29) is 21.7 Å². The number of carbonyl (C=O) groups excluding carboxylic acids is 4. The number of hydrogen-bond acceptors (Lipinski definition) is 8. The largest absolute Gasteiger partial charge is 4.00 e. The molecular weight excluding hydrogens is 464 g/mol. The first-order valence-corrected chi connectivity index (χ1v) is 9.64. The third-order valence-electron chi connectivity index (χ3n) is 3.16. The average Bonchev–Trinajstić information content (AvgIpc) is 2.65. The van der Waals surface area contributed by atoms with E-state index in [0.717, 1.165) is 0 Å². The van der Waals surface area contributed by atoms with E-state index in [4.69, 9.17) is 0 Å². The van der Waals surface area contributed by atoms with Gasteiger partial charge in [-0.3, -0.25) is 19.2 Å². The maximum absolute atomic E-state index is 10.4. The monoisotopic (exact) mass is 500 g/mol. The Morgan fingerprint density at radius 3 is 0.545 bits per heavy atom. The smallest absolute Gasteiger partial charge is 0.846 e. The number of carbonyl (C=O) groups is 4. The minimum absolute atomic E-state index is 0. The Balaban J connectivity index is -0.000000105. The Hall–Kier alpha value is -1.81. The first-order chi connectivity index (χ1) is 14.2. The SMILES string of the molecule is C=C(C)C(=O)C(C)[O-].C=C(C)C(=O)C(C)[O-].C=C(C)C(=O)C(C)[O-].C=C(C)C(=O)C(C)[O-].[Ti+4]. The molecule has 184 valence electrons. The molecule has 0 aliphatic carbocycles. The molecule has 8 nitrogen and oxygen atoms in total.